The number of carbonyl (C=O) groups is 2. The molecule has 0 amide bonds. The van der Waals surface area contributed by atoms with Crippen molar-refractivity contribution in [3.05, 3.63) is 20.9 Å². The van der Waals surface area contributed by atoms with E-state index < -0.39 is 34.9 Å². The number of azide groups is 2. The molecule has 4 atom stereocenters. The predicted octanol–water partition coefficient (Wildman–Crippen LogP) is 4.37. The van der Waals surface area contributed by atoms with Gasteiger partial charge in [-0.15, -0.1) is 0 Å². The molecule has 0 saturated carbocycles. The monoisotopic (exact) mass is 446 g/mol. The Morgan fingerprint density at radius 1 is 0.875 bits per heavy atom. The molecule has 14 nitrogen and oxygen atoms in total. The number of nitrogens with zero attached hydrogens (tertiary/aromatic N) is 10. The van der Waals surface area contributed by atoms with E-state index in [1.165, 1.54) is 13.8 Å². The Morgan fingerprint density at radius 2 is 1.22 bits per heavy atom. The largest absolute Gasteiger partial charge is 0.481 e. The summed E-state index contributed by atoms with van der Waals surface area (Å²) in [6.07, 6.45) is 0.562. The lowest BCUT2D eigenvalue weighted by atomic mass is 9.87. The van der Waals surface area contributed by atoms with Crippen molar-refractivity contribution in [2.45, 2.75) is 63.5 Å². The van der Waals surface area contributed by atoms with Gasteiger partial charge in [-0.2, -0.15) is 20.8 Å². The maximum absolute atomic E-state index is 11.5. The molecule has 0 aliphatic rings. The Balaban J connectivity index is 5.44. The smallest absolute Gasteiger partial charge is 0.306 e. The minimum absolute atomic E-state index is 0.119. The summed E-state index contributed by atoms with van der Waals surface area (Å²) in [6.45, 7) is 3.00. The molecule has 0 aliphatic heterocycles. The van der Waals surface area contributed by atoms with Gasteiger partial charge in [-0.05, 0) is 50.6 Å². The highest BCUT2D eigenvalue weighted by atomic mass is 16.4. The number of nitriles is 2. The van der Waals surface area contributed by atoms with E-state index in [0.717, 1.165) is 0 Å². The molecule has 0 aromatic heterocycles. The van der Waals surface area contributed by atoms with Crippen LogP contribution < -0.4 is 0 Å². The van der Waals surface area contributed by atoms with Crippen LogP contribution in [-0.2, 0) is 9.59 Å². The molecular weight excluding hydrogens is 420 g/mol. The molecule has 0 heterocycles. The predicted molar refractivity (Wildman–Crippen MR) is 111 cm³/mol. The third-order valence-electron chi connectivity index (χ3n) is 4.71. The van der Waals surface area contributed by atoms with E-state index >= 15 is 0 Å². The lowest BCUT2D eigenvalue weighted by Crippen LogP contribution is -2.31. The highest BCUT2D eigenvalue weighted by molar-refractivity contribution is 5.70. The molecule has 0 fully saturated rings. The number of aliphatic carboxylic acids is 2. The average Bonchev–Trinajstić information content (AvgIpc) is 2.76. The zero-order valence-corrected chi connectivity index (χ0v) is 18.0. The number of hydrogen-bond acceptors (Lipinski definition) is 8. The average molecular weight is 446 g/mol. The van der Waals surface area contributed by atoms with E-state index in [0.29, 0.717) is 12.8 Å². The van der Waals surface area contributed by atoms with Crippen molar-refractivity contribution in [1.29, 1.82) is 10.5 Å². The zero-order chi connectivity index (χ0) is 24.6. The Bertz CT molecular complexity index is 796. The maximum Gasteiger partial charge on any atom is 0.306 e. The summed E-state index contributed by atoms with van der Waals surface area (Å²) in [7, 11) is 0. The number of hydrogen-bond donors (Lipinski definition) is 2. The summed E-state index contributed by atoms with van der Waals surface area (Å²) >= 11 is 0. The Hall–Kier alpha value is -3.86. The minimum Gasteiger partial charge on any atom is -0.481 e. The van der Waals surface area contributed by atoms with Crippen LogP contribution in [-0.4, -0.2) is 46.3 Å². The fourth-order valence-corrected chi connectivity index (χ4v) is 2.93. The van der Waals surface area contributed by atoms with Crippen LogP contribution in [0.15, 0.2) is 20.5 Å². The molecule has 0 spiro atoms. The molecule has 4 unspecified atom stereocenters. The first kappa shape index (κ1) is 28.1. The molecule has 172 valence electrons. The van der Waals surface area contributed by atoms with Crippen LogP contribution in [0.1, 0.15) is 52.4 Å². The van der Waals surface area contributed by atoms with Crippen molar-refractivity contribution < 1.29 is 19.8 Å². The molecule has 0 aliphatic carbocycles. The van der Waals surface area contributed by atoms with E-state index in [1.807, 2.05) is 12.1 Å². The SMILES string of the molecule is CC(C#N)(CC(CCCN=[N+]=[N-])C(=O)O)N=NC(C)(C#N)CC(CCCN=[N+]=[N-])C(=O)O. The Morgan fingerprint density at radius 3 is 1.47 bits per heavy atom. The number of carboxylic acid groups (broad SMARTS) is 2. The van der Waals surface area contributed by atoms with Gasteiger partial charge >= 0.3 is 11.9 Å². The van der Waals surface area contributed by atoms with E-state index in [4.69, 9.17) is 11.1 Å². The summed E-state index contributed by atoms with van der Waals surface area (Å²) in [5, 5.41) is 52.5. The fourth-order valence-electron chi connectivity index (χ4n) is 2.93. The van der Waals surface area contributed by atoms with Gasteiger partial charge < -0.3 is 10.2 Å². The lowest BCUT2D eigenvalue weighted by molar-refractivity contribution is -0.143. The molecule has 0 aromatic rings. The highest BCUT2D eigenvalue weighted by Gasteiger charge is 2.35. The van der Waals surface area contributed by atoms with Gasteiger partial charge in [0, 0.05) is 35.8 Å². The minimum atomic E-state index is -1.56. The first-order valence-corrected chi connectivity index (χ1v) is 9.80. The second kappa shape index (κ2) is 14.2. The summed E-state index contributed by atoms with van der Waals surface area (Å²) < 4.78 is 0. The molecule has 32 heavy (non-hydrogen) atoms. The third-order valence-corrected chi connectivity index (χ3v) is 4.71. The van der Waals surface area contributed by atoms with Crippen LogP contribution in [0.3, 0.4) is 0 Å². The molecule has 2 N–H and O–H groups in total. The Labute approximate surface area is 184 Å². The molecule has 0 aromatic carbocycles. The van der Waals surface area contributed by atoms with Crippen molar-refractivity contribution in [3.63, 3.8) is 0 Å². The van der Waals surface area contributed by atoms with Crippen molar-refractivity contribution in [3.8, 4) is 12.1 Å². The standard InChI is InChI=1S/C18H26N10O4/c1-17(11-19,9-13(15(29)30)5-3-7-23-27-21)25-26-18(2,12-20)10-14(16(31)32)6-4-8-24-28-22/h13-14H,3-10H2,1-2H3,(H,29,30)(H,31,32). The zero-order valence-electron chi connectivity index (χ0n) is 18.0. The molecule has 14 heteroatoms. The number of rotatable bonds is 16. The number of carboxylic acids is 2. The Kier molecular flexibility index (Phi) is 12.5. The molecular formula is C18H26N10O4. The van der Waals surface area contributed by atoms with Crippen LogP contribution in [0.2, 0.25) is 0 Å². The van der Waals surface area contributed by atoms with Gasteiger partial charge in [0.25, 0.3) is 0 Å². The first-order chi connectivity index (χ1) is 15.1. The van der Waals surface area contributed by atoms with Crippen molar-refractivity contribution in [2.24, 2.45) is 32.3 Å². The fraction of sp³-hybridized carbons (Fsp3) is 0.778. The van der Waals surface area contributed by atoms with Gasteiger partial charge in [0.2, 0.25) is 0 Å². The second-order valence-corrected chi connectivity index (χ2v) is 7.64. The van der Waals surface area contributed by atoms with Gasteiger partial charge in [-0.3, -0.25) is 9.59 Å². The van der Waals surface area contributed by atoms with Crippen LogP contribution in [0, 0.1) is 34.5 Å². The summed E-state index contributed by atoms with van der Waals surface area (Å²) in [5.41, 5.74) is 13.5. The van der Waals surface area contributed by atoms with Crippen LogP contribution in [0.5, 0.6) is 0 Å². The van der Waals surface area contributed by atoms with Gasteiger partial charge in [0.15, 0.2) is 11.1 Å². The topological polar surface area (TPSA) is 244 Å². The highest BCUT2D eigenvalue weighted by Crippen LogP contribution is 2.29. The van der Waals surface area contributed by atoms with E-state index in [2.05, 4.69) is 30.3 Å². The van der Waals surface area contributed by atoms with E-state index in [9.17, 15) is 30.3 Å². The van der Waals surface area contributed by atoms with E-state index in [-0.39, 0.29) is 38.8 Å². The molecule has 0 radical (unpaired) electrons. The van der Waals surface area contributed by atoms with Gasteiger partial charge in [0.1, 0.15) is 0 Å². The first-order valence-electron chi connectivity index (χ1n) is 9.80. The summed E-state index contributed by atoms with van der Waals surface area (Å²) in [6, 6.07) is 3.82. The van der Waals surface area contributed by atoms with Crippen molar-refractivity contribution >= 4 is 11.9 Å². The van der Waals surface area contributed by atoms with Crippen molar-refractivity contribution in [1.82, 2.24) is 0 Å². The number of azo groups is 1. The van der Waals surface area contributed by atoms with Crippen molar-refractivity contribution in [2.75, 3.05) is 13.1 Å². The van der Waals surface area contributed by atoms with Gasteiger partial charge in [-0.25, -0.2) is 0 Å². The molecule has 0 saturated heterocycles. The van der Waals surface area contributed by atoms with Crippen LogP contribution in [0.25, 0.3) is 20.9 Å². The summed E-state index contributed by atoms with van der Waals surface area (Å²) in [4.78, 5) is 28.3. The van der Waals surface area contributed by atoms with Gasteiger partial charge in [0.05, 0.1) is 24.0 Å². The lowest BCUT2D eigenvalue weighted by Gasteiger charge is -2.24. The molecule has 0 bridgehead atoms. The normalized spacial score (nSPS) is 16.1. The molecule has 0 rings (SSSR count). The van der Waals surface area contributed by atoms with Crippen LogP contribution >= 0.6 is 0 Å². The maximum atomic E-state index is 11.5. The van der Waals surface area contributed by atoms with Crippen LogP contribution in [0.4, 0.5) is 0 Å². The summed E-state index contributed by atoms with van der Waals surface area (Å²) in [5.74, 6) is -4.19. The quantitative estimate of drug-likeness (QED) is 0.151. The van der Waals surface area contributed by atoms with E-state index in [1.54, 1.807) is 0 Å². The third kappa shape index (κ3) is 10.8. The van der Waals surface area contributed by atoms with Gasteiger partial charge in [-0.1, -0.05) is 10.2 Å². The second-order valence-electron chi connectivity index (χ2n) is 7.64.